The lowest BCUT2D eigenvalue weighted by atomic mass is 10.00. The first-order chi connectivity index (χ1) is 22.3. The maximum atomic E-state index is 13.6. The molecule has 0 bridgehead atoms. The second-order valence-electron chi connectivity index (χ2n) is 12.4. The zero-order chi connectivity index (χ0) is 33.8. The lowest BCUT2D eigenvalue weighted by Crippen LogP contribution is -2.40. The molecule has 10 nitrogen and oxygen atoms in total. The van der Waals surface area contributed by atoms with Crippen molar-refractivity contribution in [1.82, 2.24) is 14.9 Å². The van der Waals surface area contributed by atoms with Crippen molar-refractivity contribution in [1.29, 1.82) is 0 Å². The second kappa shape index (κ2) is 13.8. The Kier molecular flexibility index (Phi) is 9.78. The first kappa shape index (κ1) is 33.4. The molecule has 3 aromatic carbocycles. The summed E-state index contributed by atoms with van der Waals surface area (Å²) in [6.45, 7) is 5.42. The van der Waals surface area contributed by atoms with Crippen LogP contribution in [0.4, 0.5) is 5.69 Å². The van der Waals surface area contributed by atoms with Crippen LogP contribution >= 0.6 is 0 Å². The summed E-state index contributed by atoms with van der Waals surface area (Å²) >= 11 is 0. The van der Waals surface area contributed by atoms with Gasteiger partial charge >= 0.3 is 0 Å². The summed E-state index contributed by atoms with van der Waals surface area (Å²) in [7, 11) is -2.33. The van der Waals surface area contributed by atoms with Crippen LogP contribution in [0.2, 0.25) is 0 Å². The standard InChI is InChI=1S/C36H38N4O6S/c1-36(2,3)47(44,45)39-32-21-33(35(43)37-28(23-46-4)19-24-11-14-29(41)15-12-24)38-31-16-13-27(20-30(31)32)26-9-7-8-25(18-26)22-40-17-6-5-10-34(40)42/h5-18,20-21,28,41H,19,22-23H2,1-4H3,(H,37,43)(H,38,39)/t28-/m0/s1. The van der Waals surface area contributed by atoms with Crippen LogP contribution in [0.15, 0.2) is 102 Å². The number of hydrogen-bond acceptors (Lipinski definition) is 7. The molecule has 11 heteroatoms. The van der Waals surface area contributed by atoms with E-state index in [4.69, 9.17) is 4.74 Å². The summed E-state index contributed by atoms with van der Waals surface area (Å²) in [5.74, 6) is -0.344. The molecule has 47 heavy (non-hydrogen) atoms. The average Bonchev–Trinajstić information content (AvgIpc) is 3.02. The number of hydrogen-bond donors (Lipinski definition) is 3. The molecule has 0 radical (unpaired) electrons. The van der Waals surface area contributed by atoms with E-state index in [0.717, 1.165) is 22.3 Å². The molecular formula is C36H38N4O6S. The number of amides is 1. The molecule has 0 fully saturated rings. The topological polar surface area (TPSA) is 140 Å². The van der Waals surface area contributed by atoms with E-state index in [-0.39, 0.29) is 29.3 Å². The van der Waals surface area contributed by atoms with Gasteiger partial charge in [0.25, 0.3) is 11.5 Å². The number of phenols is 1. The fraction of sp³-hybridized carbons (Fsp3) is 0.250. The molecule has 2 aromatic heterocycles. The number of anilines is 1. The highest BCUT2D eigenvalue weighted by Gasteiger charge is 2.30. The Morgan fingerprint density at radius 1 is 0.936 bits per heavy atom. The number of ether oxygens (including phenoxy) is 1. The summed E-state index contributed by atoms with van der Waals surface area (Å²) in [6.07, 6.45) is 2.18. The van der Waals surface area contributed by atoms with Crippen molar-refractivity contribution >= 4 is 32.5 Å². The molecule has 1 amide bonds. The van der Waals surface area contributed by atoms with Crippen LogP contribution in [0, 0.1) is 0 Å². The van der Waals surface area contributed by atoms with Gasteiger partial charge in [0, 0.05) is 24.8 Å². The Balaban J connectivity index is 1.51. The third-order valence-corrected chi connectivity index (χ3v) is 9.83. The van der Waals surface area contributed by atoms with E-state index < -0.39 is 26.7 Å². The van der Waals surface area contributed by atoms with Crippen molar-refractivity contribution in [2.45, 2.75) is 44.5 Å². The SMILES string of the molecule is COC[C@H](Cc1ccc(O)cc1)NC(=O)c1cc(NS(=O)(=O)C(C)(C)C)c2cc(-c3cccc(Cn4ccccc4=O)c3)ccc2n1. The molecule has 244 valence electrons. The number of methoxy groups -OCH3 is 1. The molecule has 0 saturated carbocycles. The summed E-state index contributed by atoms with van der Waals surface area (Å²) in [5, 5.41) is 13.1. The summed E-state index contributed by atoms with van der Waals surface area (Å²) in [4.78, 5) is 30.4. The predicted octanol–water partition coefficient (Wildman–Crippen LogP) is 5.35. The quantitative estimate of drug-likeness (QED) is 0.175. The number of fused-ring (bicyclic) bond motifs is 1. The number of carbonyl (C=O) groups excluding carboxylic acids is 1. The maximum Gasteiger partial charge on any atom is 0.270 e. The third kappa shape index (κ3) is 8.05. The number of nitrogens with one attached hydrogen (secondary N) is 2. The summed E-state index contributed by atoms with van der Waals surface area (Å²) < 4.78 is 35.2. The molecule has 1 atom stereocenters. The number of aromatic nitrogens is 2. The van der Waals surface area contributed by atoms with Crippen LogP contribution in [0.3, 0.4) is 0 Å². The molecule has 0 unspecified atom stereocenters. The monoisotopic (exact) mass is 654 g/mol. The highest BCUT2D eigenvalue weighted by atomic mass is 32.2. The Morgan fingerprint density at radius 3 is 2.38 bits per heavy atom. The molecule has 0 saturated heterocycles. The summed E-state index contributed by atoms with van der Waals surface area (Å²) in [6, 6.07) is 26.0. The van der Waals surface area contributed by atoms with Gasteiger partial charge in [-0.2, -0.15) is 0 Å². The van der Waals surface area contributed by atoms with Gasteiger partial charge in [-0.25, -0.2) is 13.4 Å². The van der Waals surface area contributed by atoms with E-state index in [2.05, 4.69) is 15.0 Å². The minimum atomic E-state index is -3.87. The van der Waals surface area contributed by atoms with E-state index in [0.29, 0.717) is 23.9 Å². The van der Waals surface area contributed by atoms with Crippen molar-refractivity contribution in [3.05, 3.63) is 124 Å². The number of carbonyl (C=O) groups is 1. The molecule has 3 N–H and O–H groups in total. The predicted molar refractivity (Wildman–Crippen MR) is 184 cm³/mol. The zero-order valence-corrected chi connectivity index (χ0v) is 27.5. The lowest BCUT2D eigenvalue weighted by molar-refractivity contribution is 0.0892. The van der Waals surface area contributed by atoms with Crippen LogP contribution in [0.1, 0.15) is 42.4 Å². The molecule has 5 aromatic rings. The van der Waals surface area contributed by atoms with Gasteiger partial charge in [-0.3, -0.25) is 14.3 Å². The van der Waals surface area contributed by atoms with Crippen LogP contribution in [-0.2, 0) is 27.7 Å². The van der Waals surface area contributed by atoms with Crippen molar-refractivity contribution in [2.24, 2.45) is 0 Å². The van der Waals surface area contributed by atoms with E-state index in [1.54, 1.807) is 75.0 Å². The van der Waals surface area contributed by atoms with Crippen LogP contribution in [0.5, 0.6) is 5.75 Å². The van der Waals surface area contributed by atoms with Crippen molar-refractivity contribution in [2.75, 3.05) is 18.4 Å². The van der Waals surface area contributed by atoms with Gasteiger partial charge in [-0.1, -0.05) is 42.5 Å². The fourth-order valence-electron chi connectivity index (χ4n) is 5.07. The van der Waals surface area contributed by atoms with Crippen molar-refractivity contribution < 1.29 is 23.1 Å². The highest BCUT2D eigenvalue weighted by Crippen LogP contribution is 2.32. The minimum absolute atomic E-state index is 0.0407. The second-order valence-corrected chi connectivity index (χ2v) is 14.8. The molecule has 0 aliphatic carbocycles. The number of phenolic OH excluding ortho intramolecular Hbond substituents is 1. The Labute approximate surface area is 274 Å². The Hall–Kier alpha value is -5.00. The first-order valence-electron chi connectivity index (χ1n) is 15.1. The first-order valence-corrected chi connectivity index (χ1v) is 16.6. The van der Waals surface area contributed by atoms with Crippen LogP contribution in [0.25, 0.3) is 22.0 Å². The largest absolute Gasteiger partial charge is 0.508 e. The number of benzene rings is 3. The Bertz CT molecular complexity index is 2070. The lowest BCUT2D eigenvalue weighted by Gasteiger charge is -2.22. The van der Waals surface area contributed by atoms with Gasteiger partial charge in [-0.05, 0) is 91.9 Å². The van der Waals surface area contributed by atoms with Gasteiger partial charge < -0.3 is 19.7 Å². The van der Waals surface area contributed by atoms with Crippen molar-refractivity contribution in [3.63, 3.8) is 0 Å². The molecule has 0 aliphatic rings. The van der Waals surface area contributed by atoms with Crippen LogP contribution < -0.4 is 15.6 Å². The van der Waals surface area contributed by atoms with E-state index in [1.807, 2.05) is 42.5 Å². The number of rotatable bonds is 11. The third-order valence-electron chi connectivity index (χ3n) is 7.73. The zero-order valence-electron chi connectivity index (χ0n) is 26.7. The minimum Gasteiger partial charge on any atom is -0.508 e. The van der Waals surface area contributed by atoms with Gasteiger partial charge in [0.15, 0.2) is 0 Å². The molecule has 0 spiro atoms. The average molecular weight is 655 g/mol. The number of nitrogens with zero attached hydrogens (tertiary/aromatic N) is 2. The Morgan fingerprint density at radius 2 is 1.68 bits per heavy atom. The van der Waals surface area contributed by atoms with E-state index in [1.165, 1.54) is 12.1 Å². The molecule has 0 aliphatic heterocycles. The van der Waals surface area contributed by atoms with Gasteiger partial charge in [-0.15, -0.1) is 0 Å². The summed E-state index contributed by atoms with van der Waals surface area (Å²) in [5.41, 5.74) is 4.10. The number of sulfonamides is 1. The van der Waals surface area contributed by atoms with E-state index >= 15 is 0 Å². The number of pyridine rings is 2. The van der Waals surface area contributed by atoms with Gasteiger partial charge in [0.1, 0.15) is 11.4 Å². The van der Waals surface area contributed by atoms with Gasteiger partial charge in [0.2, 0.25) is 10.0 Å². The smallest absolute Gasteiger partial charge is 0.270 e. The maximum absolute atomic E-state index is 13.6. The van der Waals surface area contributed by atoms with Gasteiger partial charge in [0.05, 0.1) is 35.1 Å². The number of aromatic hydroxyl groups is 1. The fourth-order valence-corrected chi connectivity index (χ4v) is 5.83. The molecule has 2 heterocycles. The van der Waals surface area contributed by atoms with Crippen molar-refractivity contribution in [3.8, 4) is 16.9 Å². The highest BCUT2D eigenvalue weighted by molar-refractivity contribution is 7.94. The van der Waals surface area contributed by atoms with E-state index in [9.17, 15) is 23.1 Å². The molecule has 5 rings (SSSR count). The normalized spacial score (nSPS) is 12.5. The van der Waals surface area contributed by atoms with Crippen LogP contribution in [-0.4, -0.2) is 53.5 Å². The molecular weight excluding hydrogens is 616 g/mol.